The fourth-order valence-corrected chi connectivity index (χ4v) is 2.36. The van der Waals surface area contributed by atoms with Gasteiger partial charge < -0.3 is 15.2 Å². The Kier molecular flexibility index (Phi) is 3.75. The van der Waals surface area contributed by atoms with Gasteiger partial charge in [-0.2, -0.15) is 0 Å². The van der Waals surface area contributed by atoms with Gasteiger partial charge in [-0.15, -0.1) is 0 Å². The summed E-state index contributed by atoms with van der Waals surface area (Å²) >= 11 is 0. The van der Waals surface area contributed by atoms with Gasteiger partial charge in [-0.25, -0.2) is 0 Å². The highest BCUT2D eigenvalue weighted by Crippen LogP contribution is 2.45. The summed E-state index contributed by atoms with van der Waals surface area (Å²) in [5.74, 6) is 1.94. The smallest absolute Gasteiger partial charge is 0.218 e. The van der Waals surface area contributed by atoms with Crippen molar-refractivity contribution in [2.24, 2.45) is 11.7 Å². The highest BCUT2D eigenvalue weighted by atomic mass is 16.5. The number of hydrogen-bond acceptors (Lipinski definition) is 3. The van der Waals surface area contributed by atoms with E-state index in [0.29, 0.717) is 23.8 Å². The molecule has 0 bridgehead atoms. The Bertz CT molecular complexity index is 441. The molecule has 2 rings (SSSR count). The fraction of sp³-hybridized carbons (Fsp3) is 0.500. The van der Waals surface area contributed by atoms with Crippen LogP contribution in [0, 0.1) is 5.92 Å². The van der Waals surface area contributed by atoms with E-state index in [1.807, 2.05) is 18.2 Å². The Balaban J connectivity index is 2.26. The second-order valence-corrected chi connectivity index (χ2v) is 4.73. The molecule has 98 valence electrons. The van der Waals surface area contributed by atoms with Gasteiger partial charge in [-0.1, -0.05) is 6.07 Å². The van der Waals surface area contributed by atoms with Crippen molar-refractivity contribution in [3.63, 3.8) is 0 Å². The van der Waals surface area contributed by atoms with Gasteiger partial charge in [0.15, 0.2) is 11.5 Å². The van der Waals surface area contributed by atoms with Crippen LogP contribution in [-0.4, -0.2) is 20.1 Å². The van der Waals surface area contributed by atoms with Crippen LogP contribution < -0.4 is 15.2 Å². The van der Waals surface area contributed by atoms with Crippen LogP contribution in [0.15, 0.2) is 18.2 Å². The molecule has 1 amide bonds. The fourth-order valence-electron chi connectivity index (χ4n) is 2.36. The van der Waals surface area contributed by atoms with E-state index in [1.54, 1.807) is 14.2 Å². The quantitative estimate of drug-likeness (QED) is 0.839. The topological polar surface area (TPSA) is 61.5 Å². The zero-order valence-corrected chi connectivity index (χ0v) is 10.8. The van der Waals surface area contributed by atoms with E-state index < -0.39 is 0 Å². The highest BCUT2D eigenvalue weighted by molar-refractivity contribution is 5.75. The first-order valence-corrected chi connectivity index (χ1v) is 6.16. The summed E-state index contributed by atoms with van der Waals surface area (Å²) in [6.07, 6.45) is 2.75. The number of ether oxygens (including phenoxy) is 2. The normalized spacial score (nSPS) is 16.1. The zero-order chi connectivity index (χ0) is 13.1. The van der Waals surface area contributed by atoms with Crippen molar-refractivity contribution < 1.29 is 14.3 Å². The number of methoxy groups -OCH3 is 2. The van der Waals surface area contributed by atoms with Gasteiger partial charge in [0.25, 0.3) is 0 Å². The number of carbonyl (C=O) groups excluding carboxylic acids is 1. The third-order valence-corrected chi connectivity index (χ3v) is 3.45. The molecule has 0 heterocycles. The molecule has 1 fully saturated rings. The number of primary amides is 1. The summed E-state index contributed by atoms with van der Waals surface area (Å²) in [5, 5.41) is 0. The minimum Gasteiger partial charge on any atom is -0.493 e. The molecule has 4 nitrogen and oxygen atoms in total. The molecule has 2 N–H and O–H groups in total. The van der Waals surface area contributed by atoms with Crippen LogP contribution in [0.25, 0.3) is 0 Å². The number of amides is 1. The molecule has 0 radical (unpaired) electrons. The van der Waals surface area contributed by atoms with Crippen molar-refractivity contribution in [1.29, 1.82) is 0 Å². The molecule has 1 atom stereocenters. The third-order valence-electron chi connectivity index (χ3n) is 3.45. The van der Waals surface area contributed by atoms with E-state index in [4.69, 9.17) is 15.2 Å². The van der Waals surface area contributed by atoms with Gasteiger partial charge in [0.2, 0.25) is 5.91 Å². The molecule has 1 aromatic carbocycles. The maximum atomic E-state index is 11.2. The Morgan fingerprint density at radius 1 is 1.33 bits per heavy atom. The van der Waals surface area contributed by atoms with Gasteiger partial charge in [-0.3, -0.25) is 4.79 Å². The Morgan fingerprint density at radius 2 is 2.00 bits per heavy atom. The maximum absolute atomic E-state index is 11.2. The molecular weight excluding hydrogens is 230 g/mol. The summed E-state index contributed by atoms with van der Waals surface area (Å²) in [7, 11) is 3.22. The van der Waals surface area contributed by atoms with Crippen LogP contribution in [0.2, 0.25) is 0 Å². The molecule has 18 heavy (non-hydrogen) atoms. The van der Waals surface area contributed by atoms with Crippen LogP contribution in [0.5, 0.6) is 11.5 Å². The largest absolute Gasteiger partial charge is 0.493 e. The predicted molar refractivity (Wildman–Crippen MR) is 68.8 cm³/mol. The van der Waals surface area contributed by atoms with Gasteiger partial charge in [0.05, 0.1) is 14.2 Å². The van der Waals surface area contributed by atoms with E-state index in [9.17, 15) is 4.79 Å². The Labute approximate surface area is 107 Å². The van der Waals surface area contributed by atoms with Crippen molar-refractivity contribution in [2.45, 2.75) is 25.2 Å². The lowest BCUT2D eigenvalue weighted by molar-refractivity contribution is -0.118. The van der Waals surface area contributed by atoms with Crippen LogP contribution in [0.4, 0.5) is 0 Å². The molecule has 4 heteroatoms. The van der Waals surface area contributed by atoms with Crippen molar-refractivity contribution in [1.82, 2.24) is 0 Å². The number of rotatable bonds is 6. The average Bonchev–Trinajstić information content (AvgIpc) is 3.19. The van der Waals surface area contributed by atoms with Crippen molar-refractivity contribution in [3.05, 3.63) is 23.8 Å². The van der Waals surface area contributed by atoms with Crippen molar-refractivity contribution >= 4 is 5.91 Å². The summed E-state index contributed by atoms with van der Waals surface area (Å²) in [6, 6.07) is 5.82. The summed E-state index contributed by atoms with van der Waals surface area (Å²) in [4.78, 5) is 11.2. The van der Waals surface area contributed by atoms with Gasteiger partial charge in [0, 0.05) is 6.42 Å². The maximum Gasteiger partial charge on any atom is 0.218 e. The van der Waals surface area contributed by atoms with E-state index in [2.05, 4.69) is 0 Å². The molecule has 0 aliphatic heterocycles. The van der Waals surface area contributed by atoms with Crippen LogP contribution in [0.3, 0.4) is 0 Å². The number of benzene rings is 1. The lowest BCUT2D eigenvalue weighted by Gasteiger charge is -2.17. The van der Waals surface area contributed by atoms with Gasteiger partial charge in [-0.05, 0) is 42.4 Å². The van der Waals surface area contributed by atoms with Crippen molar-refractivity contribution in [2.75, 3.05) is 14.2 Å². The number of carbonyl (C=O) groups is 1. The van der Waals surface area contributed by atoms with Crippen LogP contribution in [-0.2, 0) is 4.79 Å². The minimum absolute atomic E-state index is 0.210. The first kappa shape index (κ1) is 12.7. The minimum atomic E-state index is -0.248. The van der Waals surface area contributed by atoms with Crippen molar-refractivity contribution in [3.8, 4) is 11.5 Å². The van der Waals surface area contributed by atoms with E-state index >= 15 is 0 Å². The monoisotopic (exact) mass is 249 g/mol. The van der Waals surface area contributed by atoms with E-state index in [-0.39, 0.29) is 11.8 Å². The van der Waals surface area contributed by atoms with E-state index in [0.717, 1.165) is 5.56 Å². The first-order valence-electron chi connectivity index (χ1n) is 6.16. The first-order chi connectivity index (χ1) is 8.65. The Hall–Kier alpha value is -1.71. The molecular formula is C14H19NO3. The summed E-state index contributed by atoms with van der Waals surface area (Å²) < 4.78 is 10.5. The molecule has 0 aromatic heterocycles. The third kappa shape index (κ3) is 2.75. The zero-order valence-electron chi connectivity index (χ0n) is 10.8. The molecule has 0 spiro atoms. The Morgan fingerprint density at radius 3 is 2.50 bits per heavy atom. The van der Waals surface area contributed by atoms with Crippen LogP contribution >= 0.6 is 0 Å². The summed E-state index contributed by atoms with van der Waals surface area (Å²) in [6.45, 7) is 0. The summed E-state index contributed by atoms with van der Waals surface area (Å²) in [5.41, 5.74) is 6.43. The number of nitrogens with two attached hydrogens (primary N) is 1. The molecule has 1 aliphatic carbocycles. The number of hydrogen-bond donors (Lipinski definition) is 1. The molecule has 1 unspecified atom stereocenters. The second kappa shape index (κ2) is 5.29. The lowest BCUT2D eigenvalue weighted by Crippen LogP contribution is -2.16. The van der Waals surface area contributed by atoms with Gasteiger partial charge in [0.1, 0.15) is 0 Å². The highest BCUT2D eigenvalue weighted by Gasteiger charge is 2.33. The van der Waals surface area contributed by atoms with Crippen LogP contribution in [0.1, 0.15) is 30.7 Å². The molecule has 0 saturated heterocycles. The van der Waals surface area contributed by atoms with E-state index in [1.165, 1.54) is 12.8 Å². The molecule has 1 aliphatic rings. The molecule has 1 aromatic rings. The van der Waals surface area contributed by atoms with Gasteiger partial charge >= 0.3 is 0 Å². The lowest BCUT2D eigenvalue weighted by atomic mass is 9.90. The SMILES string of the molecule is COc1ccc(C(CC(N)=O)C2CC2)cc1OC. The second-order valence-electron chi connectivity index (χ2n) is 4.73. The average molecular weight is 249 g/mol. The predicted octanol–water partition coefficient (Wildman–Crippen LogP) is 2.07. The standard InChI is InChI=1S/C14H19NO3/c1-17-12-6-5-10(7-13(12)18-2)11(8-14(15)16)9-3-4-9/h5-7,9,11H,3-4,8H2,1-2H3,(H2,15,16). The molecule has 1 saturated carbocycles.